The van der Waals surface area contributed by atoms with E-state index in [2.05, 4.69) is 16.3 Å². The number of rotatable bonds is 7. The molecule has 1 aliphatic rings. The van der Waals surface area contributed by atoms with Gasteiger partial charge in [0.2, 0.25) is 5.91 Å². The minimum Gasteiger partial charge on any atom is -0.495 e. The van der Waals surface area contributed by atoms with E-state index in [0.29, 0.717) is 18.8 Å². The highest BCUT2D eigenvalue weighted by atomic mass is 16.5. The summed E-state index contributed by atoms with van der Waals surface area (Å²) in [6.45, 7) is 2.64. The molecule has 1 fully saturated rings. The van der Waals surface area contributed by atoms with Crippen LogP contribution in [0, 0.1) is 5.92 Å². The standard InChI is InChI=1S/C21H27N3O2/c1-26-20-9-5-4-8-19(20)24-13-12-16(15-24)14-23-21(25)11-10-17-6-2-3-7-18(17)22/h2-9,16H,10-15,22H2,1H3,(H,23,25). The lowest BCUT2D eigenvalue weighted by Crippen LogP contribution is -2.31. The van der Waals surface area contributed by atoms with Crippen LogP contribution in [0.15, 0.2) is 48.5 Å². The van der Waals surface area contributed by atoms with Gasteiger partial charge in [0, 0.05) is 31.7 Å². The highest BCUT2D eigenvalue weighted by Gasteiger charge is 2.24. The van der Waals surface area contributed by atoms with Crippen LogP contribution < -0.4 is 20.7 Å². The maximum Gasteiger partial charge on any atom is 0.220 e. The number of nitrogen functional groups attached to an aromatic ring is 1. The molecule has 2 aromatic rings. The van der Waals surface area contributed by atoms with E-state index in [0.717, 1.165) is 48.7 Å². The highest BCUT2D eigenvalue weighted by Crippen LogP contribution is 2.31. The van der Waals surface area contributed by atoms with Gasteiger partial charge in [-0.3, -0.25) is 4.79 Å². The molecule has 1 aliphatic heterocycles. The fourth-order valence-corrected chi connectivity index (χ4v) is 3.47. The minimum atomic E-state index is 0.0870. The molecule has 1 atom stereocenters. The summed E-state index contributed by atoms with van der Waals surface area (Å²) in [5, 5.41) is 3.08. The number of benzene rings is 2. The molecule has 5 nitrogen and oxygen atoms in total. The van der Waals surface area contributed by atoms with E-state index in [-0.39, 0.29) is 5.91 Å². The molecule has 1 heterocycles. The van der Waals surface area contributed by atoms with Gasteiger partial charge in [0.15, 0.2) is 0 Å². The molecule has 0 spiro atoms. The Kier molecular flexibility index (Phi) is 6.00. The molecular formula is C21H27N3O2. The van der Waals surface area contributed by atoms with Crippen molar-refractivity contribution in [3.05, 3.63) is 54.1 Å². The van der Waals surface area contributed by atoms with Gasteiger partial charge in [0.1, 0.15) is 5.75 Å². The number of para-hydroxylation sites is 3. The molecule has 1 unspecified atom stereocenters. The fraction of sp³-hybridized carbons (Fsp3) is 0.381. The molecule has 0 aliphatic carbocycles. The first-order valence-electron chi connectivity index (χ1n) is 9.15. The van der Waals surface area contributed by atoms with Crippen molar-refractivity contribution in [2.24, 2.45) is 5.92 Å². The van der Waals surface area contributed by atoms with E-state index in [4.69, 9.17) is 10.5 Å². The Balaban J connectivity index is 1.44. The van der Waals surface area contributed by atoms with Crippen LogP contribution >= 0.6 is 0 Å². The molecule has 1 saturated heterocycles. The third kappa shape index (κ3) is 4.48. The number of ether oxygens (including phenoxy) is 1. The monoisotopic (exact) mass is 353 g/mol. The molecule has 26 heavy (non-hydrogen) atoms. The number of hydrogen-bond acceptors (Lipinski definition) is 4. The summed E-state index contributed by atoms with van der Waals surface area (Å²) in [5.41, 5.74) is 8.84. The average Bonchev–Trinajstić information content (AvgIpc) is 3.14. The van der Waals surface area contributed by atoms with Crippen molar-refractivity contribution in [2.75, 3.05) is 37.4 Å². The smallest absolute Gasteiger partial charge is 0.220 e. The van der Waals surface area contributed by atoms with Gasteiger partial charge in [-0.1, -0.05) is 30.3 Å². The predicted octanol–water partition coefficient (Wildman–Crippen LogP) is 2.85. The zero-order chi connectivity index (χ0) is 18.4. The predicted molar refractivity (Wildman–Crippen MR) is 105 cm³/mol. The first kappa shape index (κ1) is 18.1. The Labute approximate surface area is 155 Å². The van der Waals surface area contributed by atoms with Crippen molar-refractivity contribution in [1.29, 1.82) is 0 Å². The van der Waals surface area contributed by atoms with Gasteiger partial charge in [-0.25, -0.2) is 0 Å². The SMILES string of the molecule is COc1ccccc1N1CCC(CNC(=O)CCc2ccccc2N)C1. The average molecular weight is 353 g/mol. The van der Waals surface area contributed by atoms with Crippen LogP contribution in [0.5, 0.6) is 5.75 Å². The third-order valence-corrected chi connectivity index (χ3v) is 4.98. The lowest BCUT2D eigenvalue weighted by atomic mass is 10.1. The molecule has 0 aromatic heterocycles. The quantitative estimate of drug-likeness (QED) is 0.751. The number of anilines is 2. The van der Waals surface area contributed by atoms with Crippen molar-refractivity contribution >= 4 is 17.3 Å². The van der Waals surface area contributed by atoms with Crippen LogP contribution in [-0.4, -0.2) is 32.7 Å². The van der Waals surface area contributed by atoms with E-state index >= 15 is 0 Å². The Morgan fingerprint density at radius 3 is 2.81 bits per heavy atom. The van der Waals surface area contributed by atoms with Gasteiger partial charge in [-0.2, -0.15) is 0 Å². The second-order valence-corrected chi connectivity index (χ2v) is 6.78. The summed E-state index contributed by atoms with van der Waals surface area (Å²) in [6.07, 6.45) is 2.22. The topological polar surface area (TPSA) is 67.6 Å². The van der Waals surface area contributed by atoms with Crippen LogP contribution in [0.2, 0.25) is 0 Å². The number of hydrogen-bond donors (Lipinski definition) is 2. The van der Waals surface area contributed by atoms with Crippen LogP contribution in [0.25, 0.3) is 0 Å². The van der Waals surface area contributed by atoms with Crippen LogP contribution in [0.3, 0.4) is 0 Å². The summed E-state index contributed by atoms with van der Waals surface area (Å²) >= 11 is 0. The molecular weight excluding hydrogens is 326 g/mol. The molecule has 3 rings (SSSR count). The van der Waals surface area contributed by atoms with Gasteiger partial charge >= 0.3 is 0 Å². The largest absolute Gasteiger partial charge is 0.495 e. The summed E-state index contributed by atoms with van der Waals surface area (Å²) < 4.78 is 5.45. The molecule has 0 bridgehead atoms. The summed E-state index contributed by atoms with van der Waals surface area (Å²) in [7, 11) is 1.70. The minimum absolute atomic E-state index is 0.0870. The number of carbonyl (C=O) groups is 1. The van der Waals surface area contributed by atoms with Crippen molar-refractivity contribution in [3.63, 3.8) is 0 Å². The van der Waals surface area contributed by atoms with Crippen molar-refractivity contribution in [2.45, 2.75) is 19.3 Å². The van der Waals surface area contributed by atoms with E-state index in [1.54, 1.807) is 7.11 Å². The number of amides is 1. The number of aryl methyl sites for hydroxylation is 1. The first-order valence-corrected chi connectivity index (χ1v) is 9.15. The van der Waals surface area contributed by atoms with Gasteiger partial charge in [-0.15, -0.1) is 0 Å². The van der Waals surface area contributed by atoms with Crippen molar-refractivity contribution in [1.82, 2.24) is 5.32 Å². The normalized spacial score (nSPS) is 16.5. The number of carbonyl (C=O) groups excluding carboxylic acids is 1. The van der Waals surface area contributed by atoms with Gasteiger partial charge in [0.05, 0.1) is 12.8 Å². The Bertz CT molecular complexity index is 748. The fourth-order valence-electron chi connectivity index (χ4n) is 3.47. The molecule has 138 valence electrons. The Morgan fingerprint density at radius 2 is 2.00 bits per heavy atom. The zero-order valence-corrected chi connectivity index (χ0v) is 15.3. The Morgan fingerprint density at radius 1 is 1.23 bits per heavy atom. The first-order chi connectivity index (χ1) is 12.7. The van der Waals surface area contributed by atoms with Crippen LogP contribution in [-0.2, 0) is 11.2 Å². The zero-order valence-electron chi connectivity index (χ0n) is 15.3. The molecule has 1 amide bonds. The lowest BCUT2D eigenvalue weighted by molar-refractivity contribution is -0.121. The lowest BCUT2D eigenvalue weighted by Gasteiger charge is -2.21. The van der Waals surface area contributed by atoms with Crippen LogP contribution in [0.4, 0.5) is 11.4 Å². The van der Waals surface area contributed by atoms with E-state index in [1.165, 1.54) is 0 Å². The van der Waals surface area contributed by atoms with Crippen LogP contribution in [0.1, 0.15) is 18.4 Å². The van der Waals surface area contributed by atoms with Gasteiger partial charge in [-0.05, 0) is 42.5 Å². The highest BCUT2D eigenvalue weighted by molar-refractivity contribution is 5.76. The van der Waals surface area contributed by atoms with Crippen molar-refractivity contribution < 1.29 is 9.53 Å². The third-order valence-electron chi connectivity index (χ3n) is 4.98. The Hall–Kier alpha value is -2.69. The summed E-state index contributed by atoms with van der Waals surface area (Å²) in [6, 6.07) is 15.8. The number of methoxy groups -OCH3 is 1. The maximum atomic E-state index is 12.2. The molecule has 0 saturated carbocycles. The van der Waals surface area contributed by atoms with E-state index < -0.39 is 0 Å². The molecule has 0 radical (unpaired) electrons. The number of nitrogens with one attached hydrogen (secondary N) is 1. The number of nitrogens with two attached hydrogens (primary N) is 1. The number of nitrogens with zero attached hydrogens (tertiary/aromatic N) is 1. The van der Waals surface area contributed by atoms with Gasteiger partial charge < -0.3 is 20.7 Å². The van der Waals surface area contributed by atoms with Crippen molar-refractivity contribution in [3.8, 4) is 5.75 Å². The second-order valence-electron chi connectivity index (χ2n) is 6.78. The maximum absolute atomic E-state index is 12.2. The molecule has 2 aromatic carbocycles. The summed E-state index contributed by atoms with van der Waals surface area (Å²) in [4.78, 5) is 14.5. The van der Waals surface area contributed by atoms with E-state index in [1.807, 2.05) is 42.5 Å². The van der Waals surface area contributed by atoms with Gasteiger partial charge in [0.25, 0.3) is 0 Å². The summed E-state index contributed by atoms with van der Waals surface area (Å²) in [5.74, 6) is 1.45. The van der Waals surface area contributed by atoms with E-state index in [9.17, 15) is 4.79 Å². The molecule has 3 N–H and O–H groups in total. The molecule has 5 heteroatoms. The second kappa shape index (κ2) is 8.61.